The molecule has 70 valence electrons. The molecule has 0 fully saturated rings. The fourth-order valence-corrected chi connectivity index (χ4v) is 1.17. The average Bonchev–Trinajstić information content (AvgIpc) is 2.23. The molecule has 0 aromatic heterocycles. The number of amidine groups is 1. The molecule has 0 aliphatic carbocycles. The van der Waals surface area contributed by atoms with Gasteiger partial charge in [0.2, 0.25) is 0 Å². The summed E-state index contributed by atoms with van der Waals surface area (Å²) in [6.45, 7) is 7.52. The Bertz CT molecular complexity index is 404. The van der Waals surface area contributed by atoms with Crippen LogP contribution in [0.5, 0.6) is 0 Å². The van der Waals surface area contributed by atoms with Crippen LogP contribution in [-0.2, 0) is 0 Å². The van der Waals surface area contributed by atoms with E-state index < -0.39 is 0 Å². The summed E-state index contributed by atoms with van der Waals surface area (Å²) in [5, 5.41) is 0. The molecule has 0 atom stereocenters. The summed E-state index contributed by atoms with van der Waals surface area (Å²) >= 11 is 0. The highest BCUT2D eigenvalue weighted by molar-refractivity contribution is 5.99. The molecule has 0 unspecified atom stereocenters. The summed E-state index contributed by atoms with van der Waals surface area (Å²) in [5.41, 5.74) is 8.24. The van der Waals surface area contributed by atoms with Crippen LogP contribution in [0, 0.1) is 0 Å². The average molecular weight is 185 g/mol. The third-order valence-electron chi connectivity index (χ3n) is 1.97. The molecule has 1 aromatic rings. The second-order valence-corrected chi connectivity index (χ2v) is 3.00. The van der Waals surface area contributed by atoms with Gasteiger partial charge in [0.1, 0.15) is 0 Å². The predicted molar refractivity (Wildman–Crippen MR) is 57.5 cm³/mol. The molecule has 2 N–H and O–H groups in total. The molecule has 0 spiro atoms. The molecule has 2 rings (SSSR count). The molecule has 0 amide bonds. The molecule has 3 nitrogen and oxygen atoms in total. The van der Waals surface area contributed by atoms with E-state index in [1.807, 2.05) is 30.3 Å². The summed E-state index contributed by atoms with van der Waals surface area (Å²) < 4.78 is 0. The molecular weight excluding hydrogens is 174 g/mol. The van der Waals surface area contributed by atoms with Crippen LogP contribution in [0.4, 0.5) is 0 Å². The summed E-state index contributed by atoms with van der Waals surface area (Å²) in [6, 6.07) is 9.86. The van der Waals surface area contributed by atoms with Gasteiger partial charge >= 0.3 is 0 Å². The molecule has 0 bridgehead atoms. The van der Waals surface area contributed by atoms with Crippen molar-refractivity contribution in [3.05, 3.63) is 60.4 Å². The van der Waals surface area contributed by atoms with Crippen molar-refractivity contribution in [3.63, 3.8) is 0 Å². The van der Waals surface area contributed by atoms with Gasteiger partial charge in [-0.2, -0.15) is 0 Å². The maximum Gasteiger partial charge on any atom is 0.152 e. The molecule has 1 aliphatic rings. The molecular formula is C11H11N3. The largest absolute Gasteiger partial charge is 0.298 e. The van der Waals surface area contributed by atoms with E-state index in [1.165, 1.54) is 0 Å². The van der Waals surface area contributed by atoms with E-state index in [4.69, 9.17) is 0 Å². The van der Waals surface area contributed by atoms with Crippen LogP contribution in [0.3, 0.4) is 0 Å². The third kappa shape index (κ3) is 1.52. The van der Waals surface area contributed by atoms with Crippen LogP contribution in [0.25, 0.3) is 0 Å². The highest BCUT2D eigenvalue weighted by Crippen LogP contribution is 2.10. The van der Waals surface area contributed by atoms with Crippen LogP contribution >= 0.6 is 0 Å². The monoisotopic (exact) mass is 185 g/mol. The minimum atomic E-state index is 0.655. The molecule has 14 heavy (non-hydrogen) atoms. The van der Waals surface area contributed by atoms with Gasteiger partial charge in [0.25, 0.3) is 0 Å². The topological polar surface area (TPSA) is 36.4 Å². The van der Waals surface area contributed by atoms with Gasteiger partial charge < -0.3 is 0 Å². The van der Waals surface area contributed by atoms with Crippen molar-refractivity contribution in [3.8, 4) is 0 Å². The molecule has 1 aliphatic heterocycles. The first-order valence-electron chi connectivity index (χ1n) is 4.32. The third-order valence-corrected chi connectivity index (χ3v) is 1.97. The summed E-state index contributed by atoms with van der Waals surface area (Å²) in [7, 11) is 0. The quantitative estimate of drug-likeness (QED) is 0.696. The molecule has 3 heteroatoms. The van der Waals surface area contributed by atoms with E-state index >= 15 is 0 Å². The number of hydrogen-bond acceptors (Lipinski definition) is 3. The lowest BCUT2D eigenvalue weighted by molar-refractivity contribution is 0.750. The van der Waals surface area contributed by atoms with Crippen molar-refractivity contribution in [2.45, 2.75) is 0 Å². The van der Waals surface area contributed by atoms with Crippen molar-refractivity contribution < 1.29 is 0 Å². The van der Waals surface area contributed by atoms with Gasteiger partial charge in [-0.25, -0.2) is 4.99 Å². The van der Waals surface area contributed by atoms with E-state index in [0.29, 0.717) is 11.4 Å². The smallest absolute Gasteiger partial charge is 0.152 e. The minimum absolute atomic E-state index is 0.655. The number of nitrogens with one attached hydrogen (secondary N) is 2. The Morgan fingerprint density at radius 1 is 1.00 bits per heavy atom. The van der Waals surface area contributed by atoms with Gasteiger partial charge in [-0.05, 0) is 0 Å². The zero-order chi connectivity index (χ0) is 9.97. The Hall–Kier alpha value is -2.03. The van der Waals surface area contributed by atoms with Crippen LogP contribution in [-0.4, -0.2) is 5.84 Å². The lowest BCUT2D eigenvalue weighted by Crippen LogP contribution is -2.40. The van der Waals surface area contributed by atoms with E-state index in [1.54, 1.807) is 0 Å². The maximum atomic E-state index is 4.28. The standard InChI is InChI=1S/C11H11N3/c1-8-9(2)13-14-11(12-8)10-6-4-3-5-7-10/h3-7,13H,1-2H2,(H,12,14). The van der Waals surface area contributed by atoms with Gasteiger partial charge in [-0.3, -0.25) is 10.9 Å². The van der Waals surface area contributed by atoms with Crippen molar-refractivity contribution >= 4 is 5.84 Å². The molecule has 0 saturated heterocycles. The van der Waals surface area contributed by atoms with Gasteiger partial charge in [-0.1, -0.05) is 43.5 Å². The molecule has 1 aromatic carbocycles. The number of benzene rings is 1. The van der Waals surface area contributed by atoms with E-state index in [9.17, 15) is 0 Å². The van der Waals surface area contributed by atoms with Crippen LogP contribution in [0.1, 0.15) is 5.56 Å². The van der Waals surface area contributed by atoms with E-state index in [0.717, 1.165) is 11.4 Å². The normalized spacial score (nSPS) is 15.6. The Balaban J connectivity index is 2.33. The Morgan fingerprint density at radius 3 is 2.36 bits per heavy atom. The fourth-order valence-electron chi connectivity index (χ4n) is 1.17. The second-order valence-electron chi connectivity index (χ2n) is 3.00. The zero-order valence-electron chi connectivity index (χ0n) is 7.75. The van der Waals surface area contributed by atoms with Crippen LogP contribution < -0.4 is 10.9 Å². The maximum absolute atomic E-state index is 4.28. The Kier molecular flexibility index (Phi) is 2.07. The predicted octanol–water partition coefficient (Wildman–Crippen LogP) is 1.57. The van der Waals surface area contributed by atoms with E-state index in [-0.39, 0.29) is 0 Å². The van der Waals surface area contributed by atoms with Gasteiger partial charge in [0.05, 0.1) is 11.4 Å². The molecule has 0 saturated carbocycles. The first kappa shape index (κ1) is 8.56. The Morgan fingerprint density at radius 2 is 1.71 bits per heavy atom. The number of rotatable bonds is 1. The van der Waals surface area contributed by atoms with Crippen molar-refractivity contribution in [1.29, 1.82) is 0 Å². The minimum Gasteiger partial charge on any atom is -0.298 e. The number of aliphatic imine (C=N–C) groups is 1. The van der Waals surface area contributed by atoms with Crippen molar-refractivity contribution in [2.75, 3.05) is 0 Å². The Labute approximate surface area is 82.8 Å². The zero-order valence-corrected chi connectivity index (χ0v) is 7.75. The van der Waals surface area contributed by atoms with Crippen molar-refractivity contribution in [1.82, 2.24) is 10.9 Å². The highest BCUT2D eigenvalue weighted by Gasteiger charge is 2.10. The molecule has 1 heterocycles. The first-order valence-corrected chi connectivity index (χ1v) is 4.32. The summed E-state index contributed by atoms with van der Waals surface area (Å²) in [6.07, 6.45) is 0. The fraction of sp³-hybridized carbons (Fsp3) is 0. The van der Waals surface area contributed by atoms with Crippen LogP contribution in [0.2, 0.25) is 0 Å². The summed E-state index contributed by atoms with van der Waals surface area (Å²) in [5.74, 6) is 0.767. The van der Waals surface area contributed by atoms with E-state index in [2.05, 4.69) is 29.0 Å². The first-order chi connectivity index (χ1) is 6.77. The highest BCUT2D eigenvalue weighted by atomic mass is 15.4. The van der Waals surface area contributed by atoms with Gasteiger partial charge in [0.15, 0.2) is 5.84 Å². The van der Waals surface area contributed by atoms with Crippen molar-refractivity contribution in [2.24, 2.45) is 4.99 Å². The van der Waals surface area contributed by atoms with Gasteiger partial charge in [-0.15, -0.1) is 0 Å². The van der Waals surface area contributed by atoms with Crippen LogP contribution in [0.15, 0.2) is 59.9 Å². The SMILES string of the molecule is C=C1N=C(c2ccccc2)NNC1=C. The second kappa shape index (κ2) is 3.38. The number of nitrogens with zero attached hydrogens (tertiary/aromatic N) is 1. The number of hydrazine groups is 1. The number of hydrogen-bond donors (Lipinski definition) is 2. The lowest BCUT2D eigenvalue weighted by atomic mass is 10.2. The summed E-state index contributed by atoms with van der Waals surface area (Å²) in [4.78, 5) is 4.28. The van der Waals surface area contributed by atoms with Gasteiger partial charge in [0, 0.05) is 5.56 Å². The molecule has 0 radical (unpaired) electrons. The lowest BCUT2D eigenvalue weighted by Gasteiger charge is -2.19.